The summed E-state index contributed by atoms with van der Waals surface area (Å²) < 4.78 is 4.67. The van der Waals surface area contributed by atoms with E-state index >= 15 is 0 Å². The summed E-state index contributed by atoms with van der Waals surface area (Å²) in [6, 6.07) is 0. The molecule has 23 heavy (non-hydrogen) atoms. The van der Waals surface area contributed by atoms with Gasteiger partial charge in [0.2, 0.25) is 5.91 Å². The lowest BCUT2D eigenvalue weighted by Gasteiger charge is -2.19. The first kappa shape index (κ1) is 24.2. The van der Waals surface area contributed by atoms with Crippen molar-refractivity contribution in [2.75, 3.05) is 39.8 Å². The van der Waals surface area contributed by atoms with Crippen molar-refractivity contribution in [2.24, 2.45) is 10.9 Å². The van der Waals surface area contributed by atoms with Crippen molar-refractivity contribution >= 4 is 41.8 Å². The summed E-state index contributed by atoms with van der Waals surface area (Å²) in [6.45, 7) is 10.7. The van der Waals surface area contributed by atoms with Gasteiger partial charge in [-0.1, -0.05) is 6.92 Å². The number of hydrogen-bond donors (Lipinski definition) is 2. The van der Waals surface area contributed by atoms with E-state index < -0.39 is 0 Å². The zero-order valence-electron chi connectivity index (χ0n) is 14.8. The van der Waals surface area contributed by atoms with Gasteiger partial charge in [0, 0.05) is 32.6 Å². The maximum Gasteiger partial charge on any atom is 0.310 e. The first-order chi connectivity index (χ1) is 10.5. The van der Waals surface area contributed by atoms with Crippen molar-refractivity contribution in [1.29, 1.82) is 0 Å². The molecule has 0 saturated heterocycles. The molecule has 0 rings (SSSR count). The summed E-state index contributed by atoms with van der Waals surface area (Å²) in [7, 11) is 1.37. The van der Waals surface area contributed by atoms with Crippen molar-refractivity contribution in [3.8, 4) is 0 Å². The van der Waals surface area contributed by atoms with E-state index in [0.717, 1.165) is 13.1 Å². The highest BCUT2D eigenvalue weighted by Gasteiger charge is 2.13. The topological polar surface area (TPSA) is 83.0 Å². The van der Waals surface area contributed by atoms with Crippen LogP contribution in [0.5, 0.6) is 0 Å². The van der Waals surface area contributed by atoms with Gasteiger partial charge < -0.3 is 20.3 Å². The zero-order chi connectivity index (χ0) is 17.0. The zero-order valence-corrected chi connectivity index (χ0v) is 17.2. The van der Waals surface area contributed by atoms with Crippen molar-refractivity contribution in [3.63, 3.8) is 0 Å². The number of nitrogens with zero attached hydrogens (tertiary/aromatic N) is 2. The molecule has 0 spiro atoms. The van der Waals surface area contributed by atoms with Crippen LogP contribution in [0.2, 0.25) is 0 Å². The Morgan fingerprint density at radius 3 is 2.26 bits per heavy atom. The Hall–Kier alpha value is -1.06. The van der Waals surface area contributed by atoms with Crippen molar-refractivity contribution in [1.82, 2.24) is 15.5 Å². The van der Waals surface area contributed by atoms with Crippen LogP contribution < -0.4 is 10.6 Å². The average molecular weight is 442 g/mol. The van der Waals surface area contributed by atoms with Crippen molar-refractivity contribution in [3.05, 3.63) is 0 Å². The fourth-order valence-electron chi connectivity index (χ4n) is 1.87. The predicted molar refractivity (Wildman–Crippen MR) is 103 cm³/mol. The summed E-state index contributed by atoms with van der Waals surface area (Å²) in [5.74, 6) is 0.149. The molecule has 0 aromatic carbocycles. The Bertz CT molecular complexity index is 374. The van der Waals surface area contributed by atoms with Crippen molar-refractivity contribution in [2.45, 2.75) is 34.1 Å². The number of hydrogen-bond acceptors (Lipinski definition) is 4. The minimum atomic E-state index is -0.294. The second kappa shape index (κ2) is 14.5. The number of aliphatic imine (C=N–C) groups is 1. The predicted octanol–water partition coefficient (Wildman–Crippen LogP) is 1.23. The summed E-state index contributed by atoms with van der Waals surface area (Å²) in [4.78, 5) is 29.4. The lowest BCUT2D eigenvalue weighted by Crippen LogP contribution is -2.40. The highest BCUT2D eigenvalue weighted by Crippen LogP contribution is 1.98. The standard InChI is InChI=1S/C15H30N4O3.HI/c1-6-16-15(18-11-12(4)14(21)22-5)17-10-9-13(20)19(7-2)8-3;/h12H,6-11H2,1-5H3,(H2,16,17,18);1H. The van der Waals surface area contributed by atoms with E-state index in [0.29, 0.717) is 32.0 Å². The molecule has 0 heterocycles. The van der Waals surface area contributed by atoms with Crippen LogP contribution in [0.4, 0.5) is 0 Å². The van der Waals surface area contributed by atoms with Gasteiger partial charge in [0.1, 0.15) is 0 Å². The minimum Gasteiger partial charge on any atom is -0.469 e. The number of carbonyl (C=O) groups is 2. The molecule has 2 N–H and O–H groups in total. The lowest BCUT2D eigenvalue weighted by atomic mass is 10.2. The largest absolute Gasteiger partial charge is 0.469 e. The molecule has 1 unspecified atom stereocenters. The number of carbonyl (C=O) groups excluding carboxylic acids is 2. The van der Waals surface area contributed by atoms with Gasteiger partial charge in [-0.25, -0.2) is 0 Å². The summed E-state index contributed by atoms with van der Waals surface area (Å²) in [6.07, 6.45) is 0.415. The molecule has 8 heteroatoms. The third-order valence-corrected chi connectivity index (χ3v) is 3.22. The number of nitrogens with one attached hydrogen (secondary N) is 2. The van der Waals surface area contributed by atoms with Crippen LogP contribution in [0.1, 0.15) is 34.1 Å². The molecule has 0 aliphatic heterocycles. The molecule has 136 valence electrons. The molecule has 1 atom stereocenters. The first-order valence-corrected chi connectivity index (χ1v) is 7.87. The van der Waals surface area contributed by atoms with Gasteiger partial charge in [-0.15, -0.1) is 24.0 Å². The number of halogens is 1. The molecule has 0 aromatic rings. The summed E-state index contributed by atoms with van der Waals surface area (Å²) in [5.41, 5.74) is 0. The van der Waals surface area contributed by atoms with Crippen LogP contribution in [-0.4, -0.2) is 62.6 Å². The average Bonchev–Trinajstić information content (AvgIpc) is 2.52. The Morgan fingerprint density at radius 1 is 1.17 bits per heavy atom. The monoisotopic (exact) mass is 442 g/mol. The lowest BCUT2D eigenvalue weighted by molar-refractivity contribution is -0.144. The number of rotatable bonds is 9. The molecular weight excluding hydrogens is 411 g/mol. The van der Waals surface area contributed by atoms with Crippen LogP contribution >= 0.6 is 24.0 Å². The second-order valence-corrected chi connectivity index (χ2v) is 4.89. The summed E-state index contributed by atoms with van der Waals surface area (Å²) in [5, 5.41) is 6.19. The Kier molecular flexibility index (Phi) is 15.3. The van der Waals surface area contributed by atoms with E-state index in [-0.39, 0.29) is 41.8 Å². The molecule has 7 nitrogen and oxygen atoms in total. The van der Waals surface area contributed by atoms with E-state index in [1.165, 1.54) is 7.11 Å². The van der Waals surface area contributed by atoms with E-state index in [1.54, 1.807) is 11.8 Å². The van der Waals surface area contributed by atoms with E-state index in [2.05, 4.69) is 20.4 Å². The van der Waals surface area contributed by atoms with Crippen LogP contribution in [-0.2, 0) is 14.3 Å². The SMILES string of the molecule is CCNC(=NCC(C)C(=O)OC)NCCC(=O)N(CC)CC.I. The van der Waals surface area contributed by atoms with Gasteiger partial charge in [0.25, 0.3) is 0 Å². The highest BCUT2D eigenvalue weighted by molar-refractivity contribution is 14.0. The maximum absolute atomic E-state index is 11.9. The fraction of sp³-hybridized carbons (Fsp3) is 0.800. The van der Waals surface area contributed by atoms with Gasteiger partial charge in [-0.3, -0.25) is 14.6 Å². The van der Waals surface area contributed by atoms with Gasteiger partial charge in [-0.2, -0.15) is 0 Å². The minimum absolute atomic E-state index is 0. The van der Waals surface area contributed by atoms with Gasteiger partial charge in [0.15, 0.2) is 5.96 Å². The Morgan fingerprint density at radius 2 is 1.78 bits per heavy atom. The Balaban J connectivity index is 0. The number of esters is 1. The first-order valence-electron chi connectivity index (χ1n) is 7.87. The highest BCUT2D eigenvalue weighted by atomic mass is 127. The molecule has 0 aliphatic rings. The smallest absolute Gasteiger partial charge is 0.310 e. The Labute approximate surface area is 156 Å². The number of guanidine groups is 1. The quantitative estimate of drug-likeness (QED) is 0.243. The van der Waals surface area contributed by atoms with Crippen LogP contribution in [0.25, 0.3) is 0 Å². The molecule has 0 radical (unpaired) electrons. The molecule has 0 bridgehead atoms. The van der Waals surface area contributed by atoms with Gasteiger partial charge >= 0.3 is 5.97 Å². The number of methoxy groups -OCH3 is 1. The molecule has 1 amide bonds. The van der Waals surface area contributed by atoms with Crippen LogP contribution in [0.15, 0.2) is 4.99 Å². The van der Waals surface area contributed by atoms with Gasteiger partial charge in [-0.05, 0) is 20.8 Å². The van der Waals surface area contributed by atoms with Crippen molar-refractivity contribution < 1.29 is 14.3 Å². The van der Waals surface area contributed by atoms with Crippen LogP contribution in [0.3, 0.4) is 0 Å². The third kappa shape index (κ3) is 10.4. The van der Waals surface area contributed by atoms with E-state index in [1.807, 2.05) is 20.8 Å². The van der Waals surface area contributed by atoms with Gasteiger partial charge in [0.05, 0.1) is 19.6 Å². The fourth-order valence-corrected chi connectivity index (χ4v) is 1.87. The van der Waals surface area contributed by atoms with E-state index in [4.69, 9.17) is 0 Å². The summed E-state index contributed by atoms with van der Waals surface area (Å²) >= 11 is 0. The number of amides is 1. The number of ether oxygens (including phenoxy) is 1. The van der Waals surface area contributed by atoms with Crippen LogP contribution in [0, 0.1) is 5.92 Å². The molecular formula is C15H31IN4O3. The second-order valence-electron chi connectivity index (χ2n) is 4.89. The molecule has 0 fully saturated rings. The normalized spacial score (nSPS) is 12.0. The molecule has 0 saturated carbocycles. The molecule has 0 aromatic heterocycles. The third-order valence-electron chi connectivity index (χ3n) is 3.22. The van der Waals surface area contributed by atoms with E-state index in [9.17, 15) is 9.59 Å². The maximum atomic E-state index is 11.9. The molecule has 0 aliphatic carbocycles.